The van der Waals surface area contributed by atoms with Crippen molar-refractivity contribution < 1.29 is 9.50 Å². The Labute approximate surface area is 225 Å². The number of hydrazine groups is 2. The summed E-state index contributed by atoms with van der Waals surface area (Å²) in [5.41, 5.74) is 8.96. The van der Waals surface area contributed by atoms with E-state index in [1.54, 1.807) is 9.92 Å². The van der Waals surface area contributed by atoms with Crippen LogP contribution < -0.4 is 15.7 Å². The molecule has 0 spiro atoms. The molecule has 0 fully saturated rings. The maximum atomic E-state index is 5.01. The SMILES string of the molecule is C1=CC(=C2N=[N+](c3ccccc3)N=[N+]2c2ccccc2)C(C2=NN(c3ccccc3)NN2c2ccccc2)=C1. The van der Waals surface area contributed by atoms with Gasteiger partial charge in [-0.2, -0.15) is 5.12 Å². The highest BCUT2D eigenvalue weighted by Gasteiger charge is 2.42. The fraction of sp³-hybridized carbons (Fsp3) is 0. The van der Waals surface area contributed by atoms with Gasteiger partial charge >= 0.3 is 11.0 Å². The monoisotopic (exact) mass is 508 g/mol. The van der Waals surface area contributed by atoms with Gasteiger partial charge in [0.25, 0.3) is 5.69 Å². The minimum Gasteiger partial charge on any atom is -0.238 e. The van der Waals surface area contributed by atoms with Crippen LogP contribution in [0.3, 0.4) is 0 Å². The number of hydrogen-bond acceptors (Lipinski definition) is 6. The number of anilines is 2. The highest BCUT2D eigenvalue weighted by molar-refractivity contribution is 6.14. The standard InChI is InChI=1S/C31H24N8/c1-5-14-24(15-6-1)36-30(32-38(34-36)26-18-9-3-10-19-26)28-22-13-23-29(28)31-33-39(27-20-11-4-12-21-27)35-37(31)25-16-7-2-8-17-25/h1-23H,(H,32,34)/q+2. The van der Waals surface area contributed by atoms with E-state index in [0.717, 1.165) is 39.7 Å². The lowest BCUT2D eigenvalue weighted by Gasteiger charge is -2.22. The Morgan fingerprint density at radius 2 is 1.23 bits per heavy atom. The predicted octanol–water partition coefficient (Wildman–Crippen LogP) is 6.98. The van der Waals surface area contributed by atoms with E-state index in [9.17, 15) is 0 Å². The quantitative estimate of drug-likeness (QED) is 0.296. The van der Waals surface area contributed by atoms with Gasteiger partial charge in [-0.3, -0.25) is 0 Å². The van der Waals surface area contributed by atoms with Gasteiger partial charge in [0.15, 0.2) is 5.84 Å². The van der Waals surface area contributed by atoms with E-state index in [0.29, 0.717) is 5.82 Å². The molecule has 8 heteroatoms. The predicted molar refractivity (Wildman–Crippen MR) is 150 cm³/mol. The van der Waals surface area contributed by atoms with Gasteiger partial charge in [-0.05, 0) is 30.3 Å². The number of rotatable bonds is 5. The van der Waals surface area contributed by atoms with Crippen molar-refractivity contribution in [2.24, 2.45) is 15.4 Å². The van der Waals surface area contributed by atoms with Gasteiger partial charge in [0.1, 0.15) is 9.92 Å². The number of amidine groups is 1. The molecule has 0 saturated carbocycles. The smallest absolute Gasteiger partial charge is 0.238 e. The molecule has 186 valence electrons. The molecule has 4 aromatic carbocycles. The van der Waals surface area contributed by atoms with E-state index in [4.69, 9.17) is 15.4 Å². The second-order valence-corrected chi connectivity index (χ2v) is 8.98. The van der Waals surface area contributed by atoms with Crippen LogP contribution in [0, 0.1) is 0 Å². The van der Waals surface area contributed by atoms with Crippen molar-refractivity contribution in [2.45, 2.75) is 0 Å². The molecule has 2 heterocycles. The van der Waals surface area contributed by atoms with Crippen LogP contribution in [0.1, 0.15) is 0 Å². The minimum absolute atomic E-state index is 0.707. The van der Waals surface area contributed by atoms with Crippen molar-refractivity contribution in [3.05, 3.63) is 157 Å². The third-order valence-corrected chi connectivity index (χ3v) is 6.47. The number of nitrogens with one attached hydrogen (secondary N) is 1. The third-order valence-electron chi connectivity index (χ3n) is 6.47. The summed E-state index contributed by atoms with van der Waals surface area (Å²) in [6, 6.07) is 40.1. The largest absolute Gasteiger partial charge is 0.408 e. The molecule has 0 bridgehead atoms. The van der Waals surface area contributed by atoms with Crippen molar-refractivity contribution in [1.82, 2.24) is 5.53 Å². The van der Waals surface area contributed by atoms with Gasteiger partial charge in [-0.25, -0.2) is 5.01 Å². The molecule has 0 amide bonds. The first-order valence-corrected chi connectivity index (χ1v) is 12.7. The molecular weight excluding hydrogens is 484 g/mol. The Balaban J connectivity index is 1.37. The molecule has 1 aliphatic carbocycles. The van der Waals surface area contributed by atoms with Crippen LogP contribution in [0.15, 0.2) is 172 Å². The number of allylic oxidation sites excluding steroid dienone is 3. The van der Waals surface area contributed by atoms with Gasteiger partial charge in [0.05, 0.1) is 16.9 Å². The lowest BCUT2D eigenvalue weighted by atomic mass is 10.1. The van der Waals surface area contributed by atoms with E-state index in [2.05, 4.69) is 29.8 Å². The Kier molecular flexibility index (Phi) is 5.69. The number of benzene rings is 4. The highest BCUT2D eigenvalue weighted by atomic mass is 15.9. The second-order valence-electron chi connectivity index (χ2n) is 8.98. The zero-order valence-corrected chi connectivity index (χ0v) is 20.9. The number of hydrazone groups is 1. The Morgan fingerprint density at radius 1 is 0.641 bits per heavy atom. The molecule has 3 aliphatic rings. The second kappa shape index (κ2) is 9.77. The van der Waals surface area contributed by atoms with Crippen LogP contribution in [0.4, 0.5) is 22.7 Å². The Bertz CT molecular complexity index is 1700. The molecule has 0 unspecified atom stereocenters. The van der Waals surface area contributed by atoms with E-state index in [1.807, 2.05) is 125 Å². The van der Waals surface area contributed by atoms with Crippen LogP contribution in [-0.2, 0) is 0 Å². The first kappa shape index (κ1) is 22.7. The molecule has 0 atom stereocenters. The van der Waals surface area contributed by atoms with Crippen LogP contribution >= 0.6 is 0 Å². The lowest BCUT2D eigenvalue weighted by Crippen LogP contribution is -2.44. The zero-order valence-electron chi connectivity index (χ0n) is 20.9. The molecule has 0 saturated heterocycles. The van der Waals surface area contributed by atoms with Crippen molar-refractivity contribution in [3.8, 4) is 0 Å². The van der Waals surface area contributed by atoms with Gasteiger partial charge in [-0.15, -0.1) is 10.6 Å². The first-order chi connectivity index (χ1) is 19.3. The molecule has 8 nitrogen and oxygen atoms in total. The summed E-state index contributed by atoms with van der Waals surface area (Å²) < 4.78 is 1.87. The third kappa shape index (κ3) is 4.24. The molecule has 4 aromatic rings. The van der Waals surface area contributed by atoms with E-state index >= 15 is 0 Å². The number of nitrogens with zero attached hydrogens (tertiary/aromatic N) is 7. The summed E-state index contributed by atoms with van der Waals surface area (Å²) in [6.07, 6.45) is 6.15. The van der Waals surface area contributed by atoms with Crippen LogP contribution in [-0.4, -0.2) is 15.3 Å². The lowest BCUT2D eigenvalue weighted by molar-refractivity contribution is -0.615. The Hall–Kier alpha value is -5.47. The van der Waals surface area contributed by atoms with E-state index in [1.165, 1.54) is 0 Å². The van der Waals surface area contributed by atoms with Gasteiger partial charge < -0.3 is 0 Å². The zero-order chi connectivity index (χ0) is 26.0. The summed E-state index contributed by atoms with van der Waals surface area (Å²) >= 11 is 0. The van der Waals surface area contributed by atoms with Gasteiger partial charge in [0, 0.05) is 34.5 Å². The van der Waals surface area contributed by atoms with Gasteiger partial charge in [0.2, 0.25) is 5.69 Å². The Morgan fingerprint density at radius 3 is 1.90 bits per heavy atom. The van der Waals surface area contributed by atoms with Crippen molar-refractivity contribution in [2.75, 3.05) is 10.1 Å². The van der Waals surface area contributed by atoms with E-state index in [-0.39, 0.29) is 0 Å². The van der Waals surface area contributed by atoms with Crippen molar-refractivity contribution in [1.29, 1.82) is 0 Å². The summed E-state index contributed by atoms with van der Waals surface area (Å²) in [5, 5.41) is 18.6. The topological polar surface area (TPSA) is 61.6 Å². The van der Waals surface area contributed by atoms with Crippen LogP contribution in [0.5, 0.6) is 0 Å². The molecule has 39 heavy (non-hydrogen) atoms. The number of azo groups is 1. The number of hydrogen-bond donors (Lipinski definition) is 1. The normalized spacial score (nSPS) is 18.3. The molecule has 0 aromatic heterocycles. The van der Waals surface area contributed by atoms with Crippen molar-refractivity contribution >= 4 is 28.6 Å². The first-order valence-electron chi connectivity index (χ1n) is 12.7. The number of para-hydroxylation sites is 4. The summed E-state index contributed by atoms with van der Waals surface area (Å²) in [5.74, 6) is 1.46. The maximum absolute atomic E-state index is 5.01. The highest BCUT2D eigenvalue weighted by Crippen LogP contribution is 2.35. The van der Waals surface area contributed by atoms with E-state index < -0.39 is 0 Å². The van der Waals surface area contributed by atoms with Crippen LogP contribution in [0.25, 0.3) is 0 Å². The van der Waals surface area contributed by atoms with Gasteiger partial charge in [-0.1, -0.05) is 84.9 Å². The average molecular weight is 509 g/mol. The fourth-order valence-corrected chi connectivity index (χ4v) is 4.59. The summed E-state index contributed by atoms with van der Waals surface area (Å²) in [6.45, 7) is 0. The summed E-state index contributed by atoms with van der Waals surface area (Å²) in [4.78, 5) is 1.67. The summed E-state index contributed by atoms with van der Waals surface area (Å²) in [7, 11) is 0. The molecule has 7 rings (SSSR count). The average Bonchev–Trinajstić information content (AvgIpc) is 3.77. The van der Waals surface area contributed by atoms with Crippen molar-refractivity contribution in [3.63, 3.8) is 0 Å². The molecule has 0 radical (unpaired) electrons. The molecular formula is C31H24N8+2. The maximum Gasteiger partial charge on any atom is 0.408 e. The fourth-order valence-electron chi connectivity index (χ4n) is 4.59. The minimum atomic E-state index is 0.707. The molecule has 2 aliphatic heterocycles. The molecule has 1 N–H and O–H groups in total. The van der Waals surface area contributed by atoms with Crippen LogP contribution in [0.2, 0.25) is 0 Å².